The third-order valence-electron chi connectivity index (χ3n) is 2.86. The predicted molar refractivity (Wildman–Crippen MR) is 80.8 cm³/mol. The van der Waals surface area contributed by atoms with E-state index in [0.29, 0.717) is 5.71 Å². The number of aromatic nitrogens is 2. The van der Waals surface area contributed by atoms with Gasteiger partial charge in [-0.25, -0.2) is 4.39 Å². The number of nitrogens with zero attached hydrogens (tertiary/aromatic N) is 3. The molecule has 22 heavy (non-hydrogen) atoms. The minimum absolute atomic E-state index is 0.0653. The number of nitrogen functional groups attached to an aromatic ring is 1. The summed E-state index contributed by atoms with van der Waals surface area (Å²) in [5, 5.41) is 7.95. The molecule has 0 saturated heterocycles. The van der Waals surface area contributed by atoms with E-state index in [1.165, 1.54) is 6.07 Å². The van der Waals surface area contributed by atoms with Crippen molar-refractivity contribution < 1.29 is 8.91 Å². The Morgan fingerprint density at radius 2 is 1.82 bits per heavy atom. The normalized spacial score (nSPS) is 11.4. The molecule has 0 aliphatic heterocycles. The van der Waals surface area contributed by atoms with Crippen molar-refractivity contribution >= 4 is 17.4 Å². The van der Waals surface area contributed by atoms with Crippen LogP contribution in [0.4, 0.5) is 16.1 Å². The summed E-state index contributed by atoms with van der Waals surface area (Å²) in [5.74, 6) is -0.196. The summed E-state index contributed by atoms with van der Waals surface area (Å²) < 4.78 is 18.4. The van der Waals surface area contributed by atoms with Crippen molar-refractivity contribution in [3.8, 4) is 0 Å². The van der Waals surface area contributed by atoms with E-state index in [4.69, 9.17) is 10.3 Å². The fourth-order valence-electron chi connectivity index (χ4n) is 1.84. The van der Waals surface area contributed by atoms with Crippen molar-refractivity contribution in [1.82, 2.24) is 10.1 Å². The predicted octanol–water partition coefficient (Wildman–Crippen LogP) is 2.66. The van der Waals surface area contributed by atoms with Crippen molar-refractivity contribution in [1.29, 1.82) is 0 Å². The van der Waals surface area contributed by atoms with Gasteiger partial charge >= 0.3 is 6.01 Å². The molecule has 0 saturated carbocycles. The number of benzene rings is 2. The van der Waals surface area contributed by atoms with Crippen molar-refractivity contribution in [2.75, 3.05) is 11.2 Å². The van der Waals surface area contributed by atoms with E-state index in [1.54, 1.807) is 18.2 Å². The number of nitrogens with one attached hydrogen (secondary N) is 1. The molecule has 0 unspecified atom stereocenters. The number of hydrogen-bond donors (Lipinski definition) is 2. The van der Waals surface area contributed by atoms with E-state index in [9.17, 15) is 4.39 Å². The van der Waals surface area contributed by atoms with Crippen LogP contribution in [0.2, 0.25) is 0 Å². The zero-order chi connectivity index (χ0) is 15.4. The Hall–Kier alpha value is -3.22. The lowest BCUT2D eigenvalue weighted by Crippen LogP contribution is -2.09. The van der Waals surface area contributed by atoms with Gasteiger partial charge in [0.25, 0.3) is 0 Å². The molecule has 0 amide bonds. The van der Waals surface area contributed by atoms with Crippen LogP contribution in [0.15, 0.2) is 64.2 Å². The highest BCUT2D eigenvalue weighted by Gasteiger charge is 2.14. The highest BCUT2D eigenvalue weighted by molar-refractivity contribution is 6.10. The molecular formula is C15H12FN5O. The van der Waals surface area contributed by atoms with Gasteiger partial charge in [-0.2, -0.15) is 10.1 Å². The second kappa shape index (κ2) is 6.04. The first-order valence-electron chi connectivity index (χ1n) is 6.47. The van der Waals surface area contributed by atoms with Gasteiger partial charge in [0.15, 0.2) is 0 Å². The molecule has 0 fully saturated rings. The molecule has 0 atom stereocenters. The maximum absolute atomic E-state index is 13.6. The second-order valence-electron chi connectivity index (χ2n) is 4.37. The van der Waals surface area contributed by atoms with Crippen LogP contribution in [0.25, 0.3) is 0 Å². The molecule has 0 radical (unpaired) electrons. The first-order valence-corrected chi connectivity index (χ1v) is 6.47. The Labute approximate surface area is 125 Å². The molecule has 7 heteroatoms. The molecule has 1 heterocycles. The quantitative estimate of drug-likeness (QED) is 0.571. The van der Waals surface area contributed by atoms with Gasteiger partial charge in [0.1, 0.15) is 11.5 Å². The Morgan fingerprint density at radius 3 is 2.50 bits per heavy atom. The topological polar surface area (TPSA) is 89.3 Å². The van der Waals surface area contributed by atoms with E-state index in [-0.39, 0.29) is 17.5 Å². The molecule has 6 nitrogen and oxygen atoms in total. The van der Waals surface area contributed by atoms with Crippen molar-refractivity contribution in [3.63, 3.8) is 0 Å². The lowest BCUT2D eigenvalue weighted by atomic mass is 10.1. The second-order valence-corrected chi connectivity index (χ2v) is 4.37. The summed E-state index contributed by atoms with van der Waals surface area (Å²) in [5.41, 5.74) is 9.50. The van der Waals surface area contributed by atoms with Crippen LogP contribution in [0.3, 0.4) is 0 Å². The maximum Gasteiger partial charge on any atom is 0.319 e. The van der Waals surface area contributed by atoms with Crippen molar-refractivity contribution in [2.24, 2.45) is 5.10 Å². The van der Waals surface area contributed by atoms with Crippen molar-refractivity contribution in [2.45, 2.75) is 0 Å². The first kappa shape index (κ1) is 13.7. The lowest BCUT2D eigenvalue weighted by Gasteiger charge is -2.05. The van der Waals surface area contributed by atoms with Crippen molar-refractivity contribution in [3.05, 3.63) is 71.8 Å². The highest BCUT2D eigenvalue weighted by Crippen LogP contribution is 2.14. The lowest BCUT2D eigenvalue weighted by molar-refractivity contribution is 0.433. The number of rotatable bonds is 4. The third-order valence-corrected chi connectivity index (χ3v) is 2.86. The monoisotopic (exact) mass is 297 g/mol. The summed E-state index contributed by atoms with van der Waals surface area (Å²) in [4.78, 5) is 3.96. The smallest absolute Gasteiger partial charge is 0.319 e. The molecule has 1 aromatic heterocycles. The Morgan fingerprint density at radius 1 is 1.09 bits per heavy atom. The summed E-state index contributed by atoms with van der Waals surface area (Å²) >= 11 is 0. The molecular weight excluding hydrogens is 285 g/mol. The Balaban J connectivity index is 1.99. The van der Waals surface area contributed by atoms with E-state index >= 15 is 0 Å². The van der Waals surface area contributed by atoms with Gasteiger partial charge in [0, 0.05) is 5.56 Å². The number of para-hydroxylation sites is 1. The number of halogens is 1. The van der Waals surface area contributed by atoms with Crippen LogP contribution < -0.4 is 11.2 Å². The van der Waals surface area contributed by atoms with Crippen LogP contribution in [-0.4, -0.2) is 15.9 Å². The number of hydrogen-bond acceptors (Lipinski definition) is 6. The van der Waals surface area contributed by atoms with Gasteiger partial charge in [-0.1, -0.05) is 47.6 Å². The van der Waals surface area contributed by atoms with Crippen LogP contribution in [0, 0.1) is 5.82 Å². The first-order chi connectivity index (χ1) is 10.7. The van der Waals surface area contributed by atoms with Gasteiger partial charge in [0.2, 0.25) is 5.82 Å². The standard InChI is InChI=1S/C15H12FN5O/c16-11-8-4-5-9-12(11)19-20-13(10-6-2-1-3-7-10)14-18-15(17)22-21-14/h1-9,19H,(H2,17,18,21)/b20-13-. The minimum atomic E-state index is -0.411. The largest absolute Gasteiger partial charge is 0.351 e. The van der Waals surface area contributed by atoms with Crippen LogP contribution in [0.1, 0.15) is 11.4 Å². The molecule has 0 aliphatic rings. The average Bonchev–Trinajstić information content (AvgIpc) is 2.97. The molecule has 2 aromatic carbocycles. The number of hydrazone groups is 1. The third kappa shape index (κ3) is 2.93. The molecule has 110 valence electrons. The van der Waals surface area contributed by atoms with E-state index in [0.717, 1.165) is 5.56 Å². The number of anilines is 2. The molecule has 3 N–H and O–H groups in total. The van der Waals surface area contributed by atoms with Gasteiger partial charge in [-0.05, 0) is 12.1 Å². The molecule has 0 bridgehead atoms. The van der Waals surface area contributed by atoms with Gasteiger partial charge in [-0.15, -0.1) is 0 Å². The van der Waals surface area contributed by atoms with Crippen LogP contribution >= 0.6 is 0 Å². The van der Waals surface area contributed by atoms with E-state index in [1.807, 2.05) is 30.3 Å². The summed E-state index contributed by atoms with van der Waals surface area (Å²) in [7, 11) is 0. The average molecular weight is 297 g/mol. The minimum Gasteiger partial charge on any atom is -0.351 e. The fourth-order valence-corrected chi connectivity index (χ4v) is 1.84. The van der Waals surface area contributed by atoms with Gasteiger partial charge < -0.3 is 10.3 Å². The van der Waals surface area contributed by atoms with E-state index in [2.05, 4.69) is 20.7 Å². The Bertz CT molecular complexity index is 800. The number of nitrogens with two attached hydrogens (primary N) is 1. The van der Waals surface area contributed by atoms with Gasteiger partial charge in [0.05, 0.1) is 5.69 Å². The fraction of sp³-hybridized carbons (Fsp3) is 0. The SMILES string of the molecule is Nc1nc(/C(=N\Nc2ccccc2F)c2ccccc2)no1. The maximum atomic E-state index is 13.6. The zero-order valence-corrected chi connectivity index (χ0v) is 11.4. The summed E-state index contributed by atoms with van der Waals surface area (Å²) in [6.07, 6.45) is 0. The zero-order valence-electron chi connectivity index (χ0n) is 11.4. The molecule has 3 aromatic rings. The van der Waals surface area contributed by atoms with Crippen LogP contribution in [0.5, 0.6) is 0 Å². The van der Waals surface area contributed by atoms with Crippen LogP contribution in [-0.2, 0) is 0 Å². The molecule has 0 spiro atoms. The summed E-state index contributed by atoms with van der Waals surface area (Å²) in [6, 6.07) is 15.4. The van der Waals surface area contributed by atoms with Gasteiger partial charge in [-0.3, -0.25) is 5.43 Å². The van der Waals surface area contributed by atoms with E-state index < -0.39 is 5.82 Å². The molecule has 0 aliphatic carbocycles. The molecule has 3 rings (SSSR count). The summed E-state index contributed by atoms with van der Waals surface area (Å²) in [6.45, 7) is 0. The highest BCUT2D eigenvalue weighted by atomic mass is 19.1. The Kier molecular flexibility index (Phi) is 3.78.